The average molecular weight is 518 g/mol. The number of nitrogens with one attached hydrogen (secondary N) is 2. The van der Waals surface area contributed by atoms with Crippen molar-refractivity contribution < 1.29 is 37.5 Å². The summed E-state index contributed by atoms with van der Waals surface area (Å²) in [5, 5.41) is 11.8. The lowest BCUT2D eigenvalue weighted by molar-refractivity contribution is -0.134. The van der Waals surface area contributed by atoms with E-state index in [0.717, 1.165) is 4.90 Å². The number of imide groups is 1. The number of hydroxylamine groups is 1. The summed E-state index contributed by atoms with van der Waals surface area (Å²) in [6.45, 7) is 0.518. The zero-order valence-electron chi connectivity index (χ0n) is 19.4. The predicted molar refractivity (Wildman–Crippen MR) is 126 cm³/mol. The molecule has 3 N–H and O–H groups in total. The van der Waals surface area contributed by atoms with Gasteiger partial charge in [-0.3, -0.25) is 19.7 Å². The molecule has 2 saturated heterocycles. The lowest BCUT2D eigenvalue weighted by atomic mass is 9.98. The second kappa shape index (κ2) is 10.6. The monoisotopic (exact) mass is 517 g/mol. The number of sulfone groups is 1. The van der Waals surface area contributed by atoms with Gasteiger partial charge in [0, 0.05) is 19.8 Å². The molecular weight excluding hydrogens is 490 g/mol. The zero-order valence-corrected chi connectivity index (χ0v) is 20.2. The second-order valence-corrected chi connectivity index (χ2v) is 10.8. The van der Waals surface area contributed by atoms with E-state index >= 15 is 0 Å². The number of hydrogen-bond donors (Lipinski definition) is 3. The summed E-state index contributed by atoms with van der Waals surface area (Å²) in [6.07, 6.45) is 0.225. The maximum absolute atomic E-state index is 13.3. The molecule has 0 aliphatic carbocycles. The summed E-state index contributed by atoms with van der Waals surface area (Å²) < 4.78 is 35.6. The summed E-state index contributed by atoms with van der Waals surface area (Å²) in [5.41, 5.74) is 2.20. The molecule has 1 atom stereocenters. The van der Waals surface area contributed by atoms with Crippen LogP contribution in [0.5, 0.6) is 5.75 Å². The van der Waals surface area contributed by atoms with Crippen LogP contribution in [0.1, 0.15) is 30.9 Å². The van der Waals surface area contributed by atoms with Crippen molar-refractivity contribution in [3.8, 4) is 5.75 Å². The third kappa shape index (κ3) is 4.79. The Morgan fingerprint density at radius 2 is 1.78 bits per heavy atom. The Balaban J connectivity index is 1.34. The standard InChI is InChI=1S/C24H27N3O8S/c28-21-20(17-5-2-1-3-6-17)25-23(30)27(21)13-4-14-35-18-7-9-19(10-8-18)36(32,33)24(22(29)26-31)11-15-34-16-12-24/h1-3,5-10,20,31H,4,11-16H2,(H,25,30)(H,26,29). The number of urea groups is 1. The highest BCUT2D eigenvalue weighted by atomic mass is 32.2. The minimum Gasteiger partial charge on any atom is -0.494 e. The predicted octanol–water partition coefficient (Wildman–Crippen LogP) is 1.58. The van der Waals surface area contributed by atoms with Crippen LogP contribution in [0.15, 0.2) is 59.5 Å². The van der Waals surface area contributed by atoms with Gasteiger partial charge < -0.3 is 14.8 Å². The van der Waals surface area contributed by atoms with Gasteiger partial charge in [-0.25, -0.2) is 18.7 Å². The highest BCUT2D eigenvalue weighted by Crippen LogP contribution is 2.35. The Kier molecular flexibility index (Phi) is 7.57. The van der Waals surface area contributed by atoms with Crippen molar-refractivity contribution in [2.24, 2.45) is 0 Å². The van der Waals surface area contributed by atoms with E-state index in [1.807, 2.05) is 6.07 Å². The second-order valence-electron chi connectivity index (χ2n) is 8.51. The van der Waals surface area contributed by atoms with Crippen molar-refractivity contribution >= 4 is 27.7 Å². The van der Waals surface area contributed by atoms with E-state index < -0.39 is 32.6 Å². The molecule has 0 radical (unpaired) electrons. The van der Waals surface area contributed by atoms with Crippen LogP contribution in [-0.2, 0) is 24.2 Å². The number of benzene rings is 2. The first kappa shape index (κ1) is 25.6. The van der Waals surface area contributed by atoms with Crippen molar-refractivity contribution in [2.75, 3.05) is 26.4 Å². The molecule has 2 aliphatic heterocycles. The molecule has 0 aromatic heterocycles. The molecule has 2 aromatic carbocycles. The van der Waals surface area contributed by atoms with Gasteiger partial charge in [-0.05, 0) is 49.1 Å². The average Bonchev–Trinajstić information content (AvgIpc) is 3.20. The lowest BCUT2D eigenvalue weighted by Gasteiger charge is -2.34. The van der Waals surface area contributed by atoms with Crippen LogP contribution in [0, 0.1) is 0 Å². The Hall–Kier alpha value is -3.48. The topological polar surface area (TPSA) is 151 Å². The molecule has 0 saturated carbocycles. The first-order valence-corrected chi connectivity index (χ1v) is 12.9. The Morgan fingerprint density at radius 1 is 1.11 bits per heavy atom. The van der Waals surface area contributed by atoms with Crippen LogP contribution in [0.2, 0.25) is 0 Å². The number of carbonyl (C=O) groups is 3. The van der Waals surface area contributed by atoms with E-state index in [0.29, 0.717) is 17.7 Å². The first-order chi connectivity index (χ1) is 17.3. The smallest absolute Gasteiger partial charge is 0.325 e. The molecule has 192 valence electrons. The molecule has 12 heteroatoms. The molecule has 4 amide bonds. The summed E-state index contributed by atoms with van der Waals surface area (Å²) in [4.78, 5) is 38.3. The van der Waals surface area contributed by atoms with Gasteiger partial charge in [-0.15, -0.1) is 0 Å². The molecule has 0 bridgehead atoms. The maximum Gasteiger partial charge on any atom is 0.325 e. The Morgan fingerprint density at radius 3 is 2.42 bits per heavy atom. The van der Waals surface area contributed by atoms with Crippen LogP contribution >= 0.6 is 0 Å². The van der Waals surface area contributed by atoms with E-state index in [2.05, 4.69) is 5.32 Å². The molecule has 2 fully saturated rings. The number of ether oxygens (including phenoxy) is 2. The fourth-order valence-electron chi connectivity index (χ4n) is 4.38. The number of hydrogen-bond acceptors (Lipinski definition) is 8. The van der Waals surface area contributed by atoms with Crippen molar-refractivity contribution in [1.29, 1.82) is 0 Å². The summed E-state index contributed by atoms with van der Waals surface area (Å²) in [7, 11) is -4.12. The van der Waals surface area contributed by atoms with E-state index in [1.54, 1.807) is 24.3 Å². The van der Waals surface area contributed by atoms with Crippen LogP contribution in [0.25, 0.3) is 0 Å². The summed E-state index contributed by atoms with van der Waals surface area (Å²) in [6, 6.07) is 13.4. The van der Waals surface area contributed by atoms with Gasteiger partial charge in [-0.2, -0.15) is 0 Å². The third-order valence-corrected chi connectivity index (χ3v) is 8.93. The van der Waals surface area contributed by atoms with Gasteiger partial charge in [0.25, 0.3) is 11.8 Å². The summed E-state index contributed by atoms with van der Waals surface area (Å²) in [5.74, 6) is -0.920. The zero-order chi connectivity index (χ0) is 25.8. The molecule has 2 aromatic rings. The van der Waals surface area contributed by atoms with Gasteiger partial charge in [0.1, 0.15) is 11.8 Å². The normalized spacial score (nSPS) is 19.6. The minimum atomic E-state index is -4.12. The molecular formula is C24H27N3O8S. The molecule has 36 heavy (non-hydrogen) atoms. The van der Waals surface area contributed by atoms with Crippen LogP contribution in [0.4, 0.5) is 4.79 Å². The molecule has 1 unspecified atom stereocenters. The maximum atomic E-state index is 13.3. The Bertz CT molecular complexity index is 1210. The third-order valence-electron chi connectivity index (χ3n) is 6.42. The SMILES string of the molecule is O=C1NC(c2ccccc2)C(=O)N1CCCOc1ccc(S(=O)(=O)C2(C(=O)NO)CCOCC2)cc1. The Labute approximate surface area is 208 Å². The molecule has 4 rings (SSSR count). The highest BCUT2D eigenvalue weighted by Gasteiger charge is 2.52. The molecule has 2 aliphatic rings. The van der Waals surface area contributed by atoms with E-state index in [-0.39, 0.29) is 50.0 Å². The van der Waals surface area contributed by atoms with Crippen LogP contribution in [0.3, 0.4) is 0 Å². The molecule has 2 heterocycles. The van der Waals surface area contributed by atoms with Crippen molar-refractivity contribution in [3.05, 3.63) is 60.2 Å². The first-order valence-electron chi connectivity index (χ1n) is 11.5. The lowest BCUT2D eigenvalue weighted by Crippen LogP contribution is -2.54. The quantitative estimate of drug-likeness (QED) is 0.196. The van der Waals surface area contributed by atoms with Crippen LogP contribution < -0.4 is 15.5 Å². The van der Waals surface area contributed by atoms with Gasteiger partial charge >= 0.3 is 6.03 Å². The largest absolute Gasteiger partial charge is 0.494 e. The minimum absolute atomic E-state index is 0.0755. The van der Waals surface area contributed by atoms with E-state index in [4.69, 9.17) is 14.7 Å². The van der Waals surface area contributed by atoms with E-state index in [1.165, 1.54) is 29.7 Å². The van der Waals surface area contributed by atoms with Crippen LogP contribution in [-0.4, -0.2) is 67.5 Å². The van der Waals surface area contributed by atoms with Crippen molar-refractivity contribution in [2.45, 2.75) is 34.9 Å². The van der Waals surface area contributed by atoms with Crippen molar-refractivity contribution in [1.82, 2.24) is 15.7 Å². The van der Waals surface area contributed by atoms with Gasteiger partial charge in [0.15, 0.2) is 14.6 Å². The van der Waals surface area contributed by atoms with Crippen molar-refractivity contribution in [3.63, 3.8) is 0 Å². The van der Waals surface area contributed by atoms with Gasteiger partial charge in [-0.1, -0.05) is 30.3 Å². The summed E-state index contributed by atoms with van der Waals surface area (Å²) >= 11 is 0. The fraction of sp³-hybridized carbons (Fsp3) is 0.375. The molecule has 11 nitrogen and oxygen atoms in total. The number of rotatable bonds is 9. The number of amides is 4. The number of nitrogens with zero attached hydrogens (tertiary/aromatic N) is 1. The fourth-order valence-corrected chi connectivity index (χ4v) is 6.32. The highest BCUT2D eigenvalue weighted by molar-refractivity contribution is 7.93. The van der Waals surface area contributed by atoms with Gasteiger partial charge in [0.2, 0.25) is 0 Å². The molecule has 0 spiro atoms. The van der Waals surface area contributed by atoms with Gasteiger partial charge in [0.05, 0.1) is 11.5 Å². The van der Waals surface area contributed by atoms with E-state index in [9.17, 15) is 22.8 Å². The number of carbonyl (C=O) groups excluding carboxylic acids is 3.